The average Bonchev–Trinajstić information content (AvgIpc) is 2.42. The van der Waals surface area contributed by atoms with Crippen LogP contribution in [0.4, 0.5) is 10.6 Å². The van der Waals surface area contributed by atoms with Gasteiger partial charge in [-0.15, -0.1) is 0 Å². The molecule has 5 nitrogen and oxygen atoms in total. The lowest BCUT2D eigenvalue weighted by Gasteiger charge is -2.25. The molecule has 16 heavy (non-hydrogen) atoms. The molecule has 2 rings (SSSR count). The molecule has 88 valence electrons. The lowest BCUT2D eigenvalue weighted by molar-refractivity contribution is 0.243. The number of hydrogen-bond donors (Lipinski definition) is 2. The van der Waals surface area contributed by atoms with Gasteiger partial charge < -0.3 is 5.32 Å². The van der Waals surface area contributed by atoms with Crippen molar-refractivity contribution >= 4 is 11.8 Å². The maximum atomic E-state index is 11.6. The molecule has 1 fully saturated rings. The summed E-state index contributed by atoms with van der Waals surface area (Å²) in [6.45, 7) is 2.68. The van der Waals surface area contributed by atoms with Crippen LogP contribution in [-0.4, -0.2) is 22.4 Å². The van der Waals surface area contributed by atoms with Crippen LogP contribution in [0.25, 0.3) is 0 Å². The maximum Gasteiger partial charge on any atom is 0.320 e. The van der Waals surface area contributed by atoms with E-state index < -0.39 is 0 Å². The van der Waals surface area contributed by atoms with Crippen LogP contribution >= 0.6 is 0 Å². The number of nitrogens with zero attached hydrogens (tertiary/aromatic N) is 2. The van der Waals surface area contributed by atoms with E-state index in [0.29, 0.717) is 5.92 Å². The third kappa shape index (κ3) is 2.53. The van der Waals surface area contributed by atoms with Crippen LogP contribution in [0.1, 0.15) is 25.0 Å². The van der Waals surface area contributed by atoms with Crippen molar-refractivity contribution in [3.63, 3.8) is 0 Å². The van der Waals surface area contributed by atoms with Crippen LogP contribution in [-0.2, 0) is 7.05 Å². The number of carbonyl (C=O) groups is 1. The first kappa shape index (κ1) is 11.0. The summed E-state index contributed by atoms with van der Waals surface area (Å²) in [4.78, 5) is 11.6. The number of amides is 2. The molecule has 2 N–H and O–H groups in total. The Kier molecular flexibility index (Phi) is 3.12. The Morgan fingerprint density at radius 2 is 2.38 bits per heavy atom. The number of carbonyl (C=O) groups excluding carboxylic acids is 1. The summed E-state index contributed by atoms with van der Waals surface area (Å²) in [5.74, 6) is 1.41. The second-order valence-corrected chi connectivity index (χ2v) is 4.43. The average molecular weight is 222 g/mol. The van der Waals surface area contributed by atoms with Gasteiger partial charge in [0.1, 0.15) is 5.82 Å². The molecule has 1 aromatic heterocycles. The molecule has 0 unspecified atom stereocenters. The number of aryl methyl sites for hydroxylation is 2. The van der Waals surface area contributed by atoms with Gasteiger partial charge in [0, 0.05) is 19.7 Å². The number of hydrogen-bond acceptors (Lipinski definition) is 2. The van der Waals surface area contributed by atoms with Gasteiger partial charge in [0.05, 0.1) is 5.69 Å². The minimum Gasteiger partial charge on any atom is -0.338 e. The molecule has 0 saturated heterocycles. The minimum absolute atomic E-state index is 0.144. The highest BCUT2D eigenvalue weighted by Gasteiger charge is 2.18. The molecule has 5 heteroatoms. The van der Waals surface area contributed by atoms with E-state index in [0.717, 1.165) is 18.1 Å². The fourth-order valence-electron chi connectivity index (χ4n) is 1.82. The predicted octanol–water partition coefficient (Wildman–Crippen LogP) is 1.65. The topological polar surface area (TPSA) is 59.0 Å². The third-order valence-corrected chi connectivity index (χ3v) is 3.02. The summed E-state index contributed by atoms with van der Waals surface area (Å²) in [5, 5.41) is 9.82. The van der Waals surface area contributed by atoms with Gasteiger partial charge in [-0.25, -0.2) is 4.79 Å². The Morgan fingerprint density at radius 1 is 1.62 bits per heavy atom. The second kappa shape index (κ2) is 4.55. The first-order valence-electron chi connectivity index (χ1n) is 5.70. The number of rotatable bonds is 3. The molecule has 0 aliphatic heterocycles. The largest absolute Gasteiger partial charge is 0.338 e. The van der Waals surface area contributed by atoms with Gasteiger partial charge in [-0.3, -0.25) is 10.00 Å². The van der Waals surface area contributed by atoms with E-state index >= 15 is 0 Å². The highest BCUT2D eigenvalue weighted by molar-refractivity contribution is 5.88. The van der Waals surface area contributed by atoms with E-state index in [-0.39, 0.29) is 6.03 Å². The summed E-state index contributed by atoms with van der Waals surface area (Å²) < 4.78 is 1.66. The summed E-state index contributed by atoms with van der Waals surface area (Å²) in [6.07, 6.45) is 3.78. The molecule has 1 heterocycles. The van der Waals surface area contributed by atoms with Crippen molar-refractivity contribution < 1.29 is 4.79 Å². The van der Waals surface area contributed by atoms with Gasteiger partial charge in [-0.05, 0) is 25.7 Å². The highest BCUT2D eigenvalue weighted by Crippen LogP contribution is 2.25. The lowest BCUT2D eigenvalue weighted by atomic mass is 9.85. The summed E-state index contributed by atoms with van der Waals surface area (Å²) in [5.41, 5.74) is 0.900. The molecular formula is C11H18N4O. The summed E-state index contributed by atoms with van der Waals surface area (Å²) in [7, 11) is 1.81. The first-order valence-corrected chi connectivity index (χ1v) is 5.70. The fourth-order valence-corrected chi connectivity index (χ4v) is 1.82. The molecule has 1 saturated carbocycles. The van der Waals surface area contributed by atoms with Gasteiger partial charge in [0.25, 0.3) is 0 Å². The minimum atomic E-state index is -0.144. The van der Waals surface area contributed by atoms with Crippen molar-refractivity contribution in [2.45, 2.75) is 26.2 Å². The monoisotopic (exact) mass is 222 g/mol. The van der Waals surface area contributed by atoms with Crippen LogP contribution in [0.2, 0.25) is 0 Å². The smallest absolute Gasteiger partial charge is 0.320 e. The third-order valence-electron chi connectivity index (χ3n) is 3.02. The van der Waals surface area contributed by atoms with Crippen LogP contribution in [0.5, 0.6) is 0 Å². The van der Waals surface area contributed by atoms with Gasteiger partial charge in [-0.1, -0.05) is 6.42 Å². The van der Waals surface area contributed by atoms with Crippen molar-refractivity contribution in [3.8, 4) is 0 Å². The molecule has 1 aliphatic carbocycles. The summed E-state index contributed by atoms with van der Waals surface area (Å²) in [6, 6.07) is 1.71. The van der Waals surface area contributed by atoms with Crippen molar-refractivity contribution in [2.24, 2.45) is 13.0 Å². The Morgan fingerprint density at radius 3 is 2.88 bits per heavy atom. The van der Waals surface area contributed by atoms with Gasteiger partial charge in [0.15, 0.2) is 0 Å². The number of anilines is 1. The van der Waals surface area contributed by atoms with Crippen molar-refractivity contribution in [1.29, 1.82) is 0 Å². The van der Waals surface area contributed by atoms with Crippen LogP contribution in [0, 0.1) is 12.8 Å². The Balaban J connectivity index is 1.79. The summed E-state index contributed by atoms with van der Waals surface area (Å²) >= 11 is 0. The van der Waals surface area contributed by atoms with Gasteiger partial charge in [0.2, 0.25) is 0 Å². The first-order chi connectivity index (χ1) is 7.65. The fraction of sp³-hybridized carbons (Fsp3) is 0.636. The zero-order valence-corrected chi connectivity index (χ0v) is 9.79. The molecule has 0 bridgehead atoms. The van der Waals surface area contributed by atoms with Gasteiger partial charge in [-0.2, -0.15) is 5.10 Å². The lowest BCUT2D eigenvalue weighted by Crippen LogP contribution is -2.35. The SMILES string of the molecule is Cc1cc(NC(=O)NCC2CCC2)n(C)n1. The molecule has 0 radical (unpaired) electrons. The second-order valence-electron chi connectivity index (χ2n) is 4.43. The van der Waals surface area contributed by atoms with Crippen LogP contribution in [0.3, 0.4) is 0 Å². The van der Waals surface area contributed by atoms with E-state index in [1.165, 1.54) is 19.3 Å². The molecular weight excluding hydrogens is 204 g/mol. The molecule has 2 amide bonds. The number of nitrogens with one attached hydrogen (secondary N) is 2. The van der Waals surface area contributed by atoms with Crippen LogP contribution in [0.15, 0.2) is 6.07 Å². The molecule has 1 aromatic rings. The van der Waals surface area contributed by atoms with E-state index in [9.17, 15) is 4.79 Å². The predicted molar refractivity (Wildman–Crippen MR) is 62.3 cm³/mol. The van der Waals surface area contributed by atoms with E-state index in [4.69, 9.17) is 0 Å². The van der Waals surface area contributed by atoms with Crippen molar-refractivity contribution in [1.82, 2.24) is 15.1 Å². The molecule has 0 spiro atoms. The molecule has 1 aliphatic rings. The number of urea groups is 1. The van der Waals surface area contributed by atoms with E-state index in [2.05, 4.69) is 15.7 Å². The zero-order chi connectivity index (χ0) is 11.5. The standard InChI is InChI=1S/C11H18N4O/c1-8-6-10(15(2)14-8)13-11(16)12-7-9-4-3-5-9/h6,9H,3-5,7H2,1-2H3,(H2,12,13,16). The van der Waals surface area contributed by atoms with E-state index in [1.54, 1.807) is 4.68 Å². The Labute approximate surface area is 95.2 Å². The Hall–Kier alpha value is -1.52. The van der Waals surface area contributed by atoms with Crippen LogP contribution < -0.4 is 10.6 Å². The van der Waals surface area contributed by atoms with Crippen molar-refractivity contribution in [3.05, 3.63) is 11.8 Å². The molecule has 0 atom stereocenters. The quantitative estimate of drug-likeness (QED) is 0.817. The maximum absolute atomic E-state index is 11.6. The Bertz CT molecular complexity index is 381. The van der Waals surface area contributed by atoms with Crippen molar-refractivity contribution in [2.75, 3.05) is 11.9 Å². The molecule has 0 aromatic carbocycles. The highest BCUT2D eigenvalue weighted by atomic mass is 16.2. The van der Waals surface area contributed by atoms with Gasteiger partial charge >= 0.3 is 6.03 Å². The zero-order valence-electron chi connectivity index (χ0n) is 9.79. The normalized spacial score (nSPS) is 15.6. The number of aromatic nitrogens is 2. The van der Waals surface area contributed by atoms with E-state index in [1.807, 2.05) is 20.0 Å².